The number of rotatable bonds is 4. The van der Waals surface area contributed by atoms with Crippen LogP contribution in [-0.4, -0.2) is 56.2 Å². The Morgan fingerprint density at radius 1 is 1.28 bits per heavy atom. The van der Waals surface area contributed by atoms with E-state index in [2.05, 4.69) is 22.2 Å². The Morgan fingerprint density at radius 2 is 1.96 bits per heavy atom. The number of fused-ring (bicyclic) bond motifs is 1. The predicted octanol–water partition coefficient (Wildman–Crippen LogP) is 1.63. The average Bonchev–Trinajstić information content (AvgIpc) is 2.96. The molecule has 1 aliphatic heterocycles. The van der Waals surface area contributed by atoms with Gasteiger partial charge >= 0.3 is 0 Å². The molecule has 1 N–H and O–H groups in total. The number of carbonyl (C=O) groups excluding carboxylic acids is 1. The van der Waals surface area contributed by atoms with Gasteiger partial charge in [-0.3, -0.25) is 10.1 Å². The molecule has 0 bridgehead atoms. The maximum absolute atomic E-state index is 12.4. The zero-order chi connectivity index (χ0) is 18.2. The Bertz CT molecular complexity index is 889. The second-order valence-electron chi connectivity index (χ2n) is 6.14. The molecule has 1 amide bonds. The van der Waals surface area contributed by atoms with Crippen LogP contribution < -0.4 is 5.32 Å². The molecule has 0 radical (unpaired) electrons. The van der Waals surface area contributed by atoms with Crippen molar-refractivity contribution in [1.29, 1.82) is 0 Å². The number of aromatic nitrogens is 1. The van der Waals surface area contributed by atoms with Crippen molar-refractivity contribution < 1.29 is 13.2 Å². The van der Waals surface area contributed by atoms with Crippen LogP contribution >= 0.6 is 11.3 Å². The number of nitrogens with one attached hydrogen (secondary N) is 1. The van der Waals surface area contributed by atoms with Crippen molar-refractivity contribution >= 4 is 32.4 Å². The Labute approximate surface area is 151 Å². The first-order valence-electron chi connectivity index (χ1n) is 7.78. The van der Waals surface area contributed by atoms with Crippen molar-refractivity contribution in [2.75, 3.05) is 33.0 Å². The number of benzene rings is 1. The summed E-state index contributed by atoms with van der Waals surface area (Å²) < 4.78 is 25.3. The summed E-state index contributed by atoms with van der Waals surface area (Å²) in [5, 5.41) is 3.38. The molecular formula is C16H20N4O3S2. The standard InChI is InChI=1S/C16H20N4O3S2/c1-19(2)25(22,23)12-6-4-11(5-7-12)15(21)18-16-17-13-8-9-20(3)10-14(13)24-16/h4-7H,8-10H2,1-3H3,(H,17,18,21). The van der Waals surface area contributed by atoms with Gasteiger partial charge in [0, 0.05) is 44.0 Å². The van der Waals surface area contributed by atoms with Gasteiger partial charge in [-0.05, 0) is 31.3 Å². The Kier molecular flexibility index (Phi) is 4.92. The molecule has 1 aromatic heterocycles. The Balaban J connectivity index is 1.74. The molecule has 0 saturated carbocycles. The number of thiazole rings is 1. The lowest BCUT2D eigenvalue weighted by molar-refractivity contribution is 0.102. The first-order chi connectivity index (χ1) is 11.8. The molecule has 0 fully saturated rings. The van der Waals surface area contributed by atoms with Crippen molar-refractivity contribution in [2.45, 2.75) is 17.9 Å². The van der Waals surface area contributed by atoms with Crippen LogP contribution in [0.15, 0.2) is 29.2 Å². The van der Waals surface area contributed by atoms with Crippen molar-refractivity contribution in [3.05, 3.63) is 40.4 Å². The van der Waals surface area contributed by atoms with E-state index < -0.39 is 10.0 Å². The minimum atomic E-state index is -3.50. The zero-order valence-corrected chi connectivity index (χ0v) is 15.9. The highest BCUT2D eigenvalue weighted by Crippen LogP contribution is 2.28. The largest absolute Gasteiger partial charge is 0.301 e. The van der Waals surface area contributed by atoms with Gasteiger partial charge in [-0.2, -0.15) is 0 Å². The summed E-state index contributed by atoms with van der Waals surface area (Å²) in [5.74, 6) is -0.298. The summed E-state index contributed by atoms with van der Waals surface area (Å²) in [6, 6.07) is 5.89. The minimum Gasteiger partial charge on any atom is -0.301 e. The van der Waals surface area contributed by atoms with E-state index >= 15 is 0 Å². The fourth-order valence-electron chi connectivity index (χ4n) is 2.54. The number of carbonyl (C=O) groups is 1. The molecule has 0 atom stereocenters. The van der Waals surface area contributed by atoms with E-state index in [1.54, 1.807) is 0 Å². The van der Waals surface area contributed by atoms with Gasteiger partial charge in [-0.1, -0.05) is 0 Å². The third kappa shape index (κ3) is 3.74. The van der Waals surface area contributed by atoms with E-state index in [1.807, 2.05) is 0 Å². The third-order valence-electron chi connectivity index (χ3n) is 4.04. The smallest absolute Gasteiger partial charge is 0.257 e. The van der Waals surface area contributed by atoms with Crippen LogP contribution in [0.3, 0.4) is 0 Å². The van der Waals surface area contributed by atoms with Gasteiger partial charge in [0.25, 0.3) is 5.91 Å². The zero-order valence-electron chi connectivity index (χ0n) is 14.3. The number of sulfonamides is 1. The van der Waals surface area contributed by atoms with Gasteiger partial charge in [0.1, 0.15) is 0 Å². The normalized spacial score (nSPS) is 15.2. The average molecular weight is 380 g/mol. The van der Waals surface area contributed by atoms with Gasteiger partial charge in [-0.15, -0.1) is 11.3 Å². The second-order valence-corrected chi connectivity index (χ2v) is 9.38. The van der Waals surface area contributed by atoms with Crippen molar-refractivity contribution in [3.8, 4) is 0 Å². The summed E-state index contributed by atoms with van der Waals surface area (Å²) in [7, 11) is 1.50. The molecule has 3 rings (SSSR count). The fraction of sp³-hybridized carbons (Fsp3) is 0.375. The quantitative estimate of drug-likeness (QED) is 0.872. The highest BCUT2D eigenvalue weighted by Gasteiger charge is 2.20. The minimum absolute atomic E-state index is 0.154. The van der Waals surface area contributed by atoms with Crippen molar-refractivity contribution in [2.24, 2.45) is 0 Å². The van der Waals surface area contributed by atoms with E-state index in [1.165, 1.54) is 54.6 Å². The topological polar surface area (TPSA) is 82.6 Å². The summed E-state index contributed by atoms with van der Waals surface area (Å²) in [6.07, 6.45) is 0.884. The number of nitrogens with zero attached hydrogens (tertiary/aromatic N) is 3. The number of likely N-dealkylation sites (N-methyl/N-ethyl adjacent to an activating group) is 1. The molecule has 2 heterocycles. The van der Waals surface area contributed by atoms with Gasteiger partial charge in [0.2, 0.25) is 10.0 Å². The summed E-state index contributed by atoms with van der Waals surface area (Å²) in [5.41, 5.74) is 1.44. The van der Waals surface area contributed by atoms with Crippen LogP contribution in [0.5, 0.6) is 0 Å². The lowest BCUT2D eigenvalue weighted by atomic mass is 10.2. The third-order valence-corrected chi connectivity index (χ3v) is 6.86. The van der Waals surface area contributed by atoms with Crippen LogP contribution in [0.1, 0.15) is 20.9 Å². The molecular weight excluding hydrogens is 360 g/mol. The van der Waals surface area contributed by atoms with Crippen LogP contribution in [0.25, 0.3) is 0 Å². The molecule has 0 spiro atoms. The SMILES string of the molecule is CN1CCc2nc(NC(=O)c3ccc(S(=O)(=O)N(C)C)cc3)sc2C1. The van der Waals surface area contributed by atoms with Gasteiger partial charge < -0.3 is 4.90 Å². The lowest BCUT2D eigenvalue weighted by Gasteiger charge is -2.20. The van der Waals surface area contributed by atoms with Crippen LogP contribution in [-0.2, 0) is 23.0 Å². The number of anilines is 1. The van der Waals surface area contributed by atoms with E-state index in [0.29, 0.717) is 10.7 Å². The molecule has 0 aliphatic carbocycles. The Morgan fingerprint density at radius 3 is 2.60 bits per heavy atom. The molecule has 0 unspecified atom stereocenters. The van der Waals surface area contributed by atoms with E-state index in [0.717, 1.165) is 29.5 Å². The van der Waals surface area contributed by atoms with Crippen molar-refractivity contribution in [3.63, 3.8) is 0 Å². The highest BCUT2D eigenvalue weighted by molar-refractivity contribution is 7.89. The molecule has 25 heavy (non-hydrogen) atoms. The van der Waals surface area contributed by atoms with Gasteiger partial charge in [0.15, 0.2) is 5.13 Å². The number of amides is 1. The summed E-state index contributed by atoms with van der Waals surface area (Å²) >= 11 is 1.49. The maximum atomic E-state index is 12.4. The molecule has 9 heteroatoms. The summed E-state index contributed by atoms with van der Waals surface area (Å²) in [6.45, 7) is 1.81. The maximum Gasteiger partial charge on any atom is 0.257 e. The first kappa shape index (κ1) is 18.0. The van der Waals surface area contributed by atoms with E-state index in [9.17, 15) is 13.2 Å². The number of hydrogen-bond donors (Lipinski definition) is 1. The van der Waals surface area contributed by atoms with E-state index in [-0.39, 0.29) is 10.8 Å². The molecule has 0 saturated heterocycles. The molecule has 1 aliphatic rings. The van der Waals surface area contributed by atoms with Crippen LogP contribution in [0, 0.1) is 0 Å². The van der Waals surface area contributed by atoms with E-state index in [4.69, 9.17) is 0 Å². The molecule has 7 nitrogen and oxygen atoms in total. The molecule has 1 aromatic carbocycles. The molecule has 2 aromatic rings. The predicted molar refractivity (Wildman–Crippen MR) is 97.4 cm³/mol. The lowest BCUT2D eigenvalue weighted by Crippen LogP contribution is -2.25. The highest BCUT2D eigenvalue weighted by atomic mass is 32.2. The Hall–Kier alpha value is -1.81. The summed E-state index contributed by atoms with van der Waals surface area (Å²) in [4.78, 5) is 20.4. The monoisotopic (exact) mass is 380 g/mol. The van der Waals surface area contributed by atoms with Crippen LogP contribution in [0.4, 0.5) is 5.13 Å². The second kappa shape index (κ2) is 6.83. The fourth-order valence-corrected chi connectivity index (χ4v) is 4.52. The van der Waals surface area contributed by atoms with Crippen molar-refractivity contribution in [1.82, 2.24) is 14.2 Å². The van der Waals surface area contributed by atoms with Gasteiger partial charge in [-0.25, -0.2) is 17.7 Å². The first-order valence-corrected chi connectivity index (χ1v) is 10.0. The number of hydrogen-bond acceptors (Lipinski definition) is 6. The van der Waals surface area contributed by atoms with Gasteiger partial charge in [0.05, 0.1) is 10.6 Å². The van der Waals surface area contributed by atoms with Crippen LogP contribution in [0.2, 0.25) is 0 Å². The molecule has 134 valence electrons.